The number of nitriles is 1. The molecule has 0 bridgehead atoms. The number of hydrogen-bond donors (Lipinski definition) is 2. The molecule has 1 aromatic heterocycles. The Hall–Kier alpha value is -2.86. The first-order valence-electron chi connectivity index (χ1n) is 10.3. The van der Waals surface area contributed by atoms with E-state index in [0.29, 0.717) is 34.3 Å². The van der Waals surface area contributed by atoms with Crippen molar-refractivity contribution in [3.63, 3.8) is 0 Å². The molecule has 31 heavy (non-hydrogen) atoms. The molecule has 1 aliphatic rings. The normalized spacial score (nSPS) is 15.1. The maximum atomic E-state index is 9.48. The van der Waals surface area contributed by atoms with Gasteiger partial charge in [0, 0.05) is 22.9 Å². The summed E-state index contributed by atoms with van der Waals surface area (Å²) < 4.78 is 14.6. The molecule has 0 spiro atoms. The van der Waals surface area contributed by atoms with E-state index in [4.69, 9.17) is 14.4 Å². The number of benzene rings is 2. The number of nitrogens with zero attached hydrogens (tertiary/aromatic N) is 3. The van der Waals surface area contributed by atoms with Gasteiger partial charge in [-0.2, -0.15) is 10.2 Å². The van der Waals surface area contributed by atoms with Gasteiger partial charge in [0.2, 0.25) is 5.82 Å². The Morgan fingerprint density at radius 1 is 1.35 bits per heavy atom. The molecule has 8 heteroatoms. The molecule has 0 amide bonds. The lowest BCUT2D eigenvalue weighted by Crippen LogP contribution is -2.12. The predicted molar refractivity (Wildman–Crippen MR) is 119 cm³/mol. The van der Waals surface area contributed by atoms with Crippen LogP contribution in [-0.4, -0.2) is 33.7 Å². The van der Waals surface area contributed by atoms with E-state index in [1.54, 1.807) is 12.1 Å². The number of hydrogen-bond acceptors (Lipinski definition) is 8. The summed E-state index contributed by atoms with van der Waals surface area (Å²) in [5.41, 5.74) is 4.52. The van der Waals surface area contributed by atoms with E-state index in [2.05, 4.69) is 27.0 Å². The number of ether oxygens (including phenoxy) is 1. The zero-order valence-corrected chi connectivity index (χ0v) is 18.3. The molecule has 3 aromatic rings. The monoisotopic (exact) mass is 436 g/mol. The summed E-state index contributed by atoms with van der Waals surface area (Å²) in [6.45, 7) is 3.99. The van der Waals surface area contributed by atoms with Crippen molar-refractivity contribution in [3.05, 3.63) is 53.1 Å². The van der Waals surface area contributed by atoms with Gasteiger partial charge >= 0.3 is 0 Å². The molecule has 0 saturated heterocycles. The Kier molecular flexibility index (Phi) is 6.56. The number of aliphatic hydroxyl groups excluding tert-OH is 1. The van der Waals surface area contributed by atoms with Gasteiger partial charge in [0.15, 0.2) is 0 Å². The van der Waals surface area contributed by atoms with Crippen LogP contribution in [0.2, 0.25) is 0 Å². The van der Waals surface area contributed by atoms with Crippen LogP contribution < -0.4 is 9.46 Å². The third kappa shape index (κ3) is 4.59. The van der Waals surface area contributed by atoms with E-state index in [1.165, 1.54) is 23.1 Å². The van der Waals surface area contributed by atoms with Gasteiger partial charge in [-0.05, 0) is 56.0 Å². The summed E-state index contributed by atoms with van der Waals surface area (Å²) in [7, 11) is 0. The van der Waals surface area contributed by atoms with Crippen molar-refractivity contribution in [2.75, 3.05) is 12.4 Å². The first-order valence-corrected chi connectivity index (χ1v) is 11.2. The predicted octanol–water partition coefficient (Wildman–Crippen LogP) is 4.28. The fraction of sp³-hybridized carbons (Fsp3) is 0.348. The number of nitrogens with one attached hydrogen (secondary N) is 1. The van der Waals surface area contributed by atoms with E-state index in [-0.39, 0.29) is 18.8 Å². The highest BCUT2D eigenvalue weighted by Crippen LogP contribution is 2.38. The average molecular weight is 437 g/mol. The molecule has 2 N–H and O–H groups in total. The molecule has 1 atom stereocenters. The summed E-state index contributed by atoms with van der Waals surface area (Å²) in [6, 6.07) is 13.8. The Labute approximate surface area is 185 Å². The minimum Gasteiger partial charge on any atom is -0.490 e. The van der Waals surface area contributed by atoms with Crippen LogP contribution in [0, 0.1) is 11.3 Å². The Bertz CT molecular complexity index is 1110. The summed E-state index contributed by atoms with van der Waals surface area (Å²) >= 11 is 1.54. The second-order valence-electron chi connectivity index (χ2n) is 7.57. The van der Waals surface area contributed by atoms with E-state index >= 15 is 0 Å². The summed E-state index contributed by atoms with van der Waals surface area (Å²) in [6.07, 6.45) is 1.89. The molecular weight excluding hydrogens is 412 g/mol. The molecule has 1 heterocycles. The fourth-order valence-electron chi connectivity index (χ4n) is 3.75. The van der Waals surface area contributed by atoms with Crippen molar-refractivity contribution in [2.24, 2.45) is 0 Å². The van der Waals surface area contributed by atoms with Gasteiger partial charge in [-0.3, -0.25) is 4.72 Å². The van der Waals surface area contributed by atoms with Crippen LogP contribution in [0.15, 0.2) is 40.9 Å². The molecule has 0 saturated carbocycles. The Morgan fingerprint density at radius 2 is 2.23 bits per heavy atom. The third-order valence-corrected chi connectivity index (χ3v) is 5.90. The van der Waals surface area contributed by atoms with Gasteiger partial charge < -0.3 is 14.4 Å². The highest BCUT2D eigenvalue weighted by molar-refractivity contribution is 7.97. The molecule has 160 valence electrons. The van der Waals surface area contributed by atoms with Crippen LogP contribution >= 0.6 is 11.9 Å². The zero-order chi connectivity index (χ0) is 21.8. The second-order valence-corrected chi connectivity index (χ2v) is 8.50. The van der Waals surface area contributed by atoms with Crippen LogP contribution in [0.4, 0.5) is 0 Å². The minimum absolute atomic E-state index is 0.0199. The number of aliphatic hydroxyl groups is 1. The maximum Gasteiger partial charge on any atom is 0.258 e. The lowest BCUT2D eigenvalue weighted by Gasteiger charge is -2.13. The van der Waals surface area contributed by atoms with Gasteiger partial charge in [-0.15, -0.1) is 0 Å². The number of rotatable bonds is 8. The second kappa shape index (κ2) is 9.52. The summed E-state index contributed by atoms with van der Waals surface area (Å²) in [4.78, 5) is 4.61. The van der Waals surface area contributed by atoms with E-state index in [9.17, 15) is 5.26 Å². The lowest BCUT2D eigenvalue weighted by molar-refractivity contribution is 0.241. The van der Waals surface area contributed by atoms with Crippen molar-refractivity contribution in [3.8, 4) is 34.7 Å². The lowest BCUT2D eigenvalue weighted by atomic mass is 10.0. The first kappa shape index (κ1) is 21.4. The Balaban J connectivity index is 1.60. The molecule has 1 aliphatic carbocycles. The zero-order valence-electron chi connectivity index (χ0n) is 17.5. The Morgan fingerprint density at radius 3 is 3.00 bits per heavy atom. The number of aromatic nitrogens is 2. The standard InChI is InChI=1S/C23H24N4O3S/c1-14(2)29-21-9-6-15(12-16(21)13-24)23-25-22(26-30-23)19-5-3-4-18-17(19)7-8-20(18)27-31-11-10-28/h3-6,9,12,14,20,27-28H,7-8,10-11H2,1-2H3. The molecule has 0 aliphatic heterocycles. The van der Waals surface area contributed by atoms with Crippen molar-refractivity contribution in [1.82, 2.24) is 14.9 Å². The van der Waals surface area contributed by atoms with Gasteiger partial charge in [0.1, 0.15) is 11.8 Å². The molecule has 0 fully saturated rings. The fourth-order valence-corrected chi connectivity index (χ4v) is 4.40. The largest absolute Gasteiger partial charge is 0.490 e. The van der Waals surface area contributed by atoms with Gasteiger partial charge in [-0.25, -0.2) is 0 Å². The van der Waals surface area contributed by atoms with E-state index < -0.39 is 0 Å². The highest BCUT2D eigenvalue weighted by atomic mass is 32.2. The quantitative estimate of drug-likeness (QED) is 0.398. The van der Waals surface area contributed by atoms with Crippen LogP contribution in [0.1, 0.15) is 43.0 Å². The molecular formula is C23H24N4O3S. The van der Waals surface area contributed by atoms with Gasteiger partial charge in [-0.1, -0.05) is 35.3 Å². The topological polar surface area (TPSA) is 104 Å². The van der Waals surface area contributed by atoms with Gasteiger partial charge in [0.25, 0.3) is 5.89 Å². The van der Waals surface area contributed by atoms with Crippen LogP contribution in [0.3, 0.4) is 0 Å². The minimum atomic E-state index is -0.0199. The van der Waals surface area contributed by atoms with Crippen LogP contribution in [0.25, 0.3) is 22.8 Å². The highest BCUT2D eigenvalue weighted by Gasteiger charge is 2.26. The van der Waals surface area contributed by atoms with E-state index in [0.717, 1.165) is 18.4 Å². The summed E-state index contributed by atoms with van der Waals surface area (Å²) in [5, 5.41) is 22.7. The SMILES string of the molecule is CC(C)Oc1ccc(-c2nc(-c3cccc4c3CCC4NSCCO)no2)cc1C#N. The molecule has 2 aromatic carbocycles. The molecule has 7 nitrogen and oxygen atoms in total. The van der Waals surface area contributed by atoms with Crippen molar-refractivity contribution >= 4 is 11.9 Å². The van der Waals surface area contributed by atoms with Gasteiger partial charge in [0.05, 0.1) is 18.3 Å². The molecule has 4 rings (SSSR count). The summed E-state index contributed by atoms with van der Waals surface area (Å²) in [5.74, 6) is 2.10. The van der Waals surface area contributed by atoms with E-state index in [1.807, 2.05) is 32.0 Å². The van der Waals surface area contributed by atoms with Crippen molar-refractivity contribution in [1.29, 1.82) is 5.26 Å². The maximum absolute atomic E-state index is 9.48. The van der Waals surface area contributed by atoms with Crippen molar-refractivity contribution in [2.45, 2.75) is 38.8 Å². The first-order chi connectivity index (χ1) is 15.1. The molecule has 0 radical (unpaired) electrons. The van der Waals surface area contributed by atoms with Crippen LogP contribution in [-0.2, 0) is 6.42 Å². The smallest absolute Gasteiger partial charge is 0.258 e. The molecule has 1 unspecified atom stereocenters. The van der Waals surface area contributed by atoms with Crippen LogP contribution in [0.5, 0.6) is 5.75 Å². The average Bonchev–Trinajstić information content (AvgIpc) is 3.41. The van der Waals surface area contributed by atoms with Crippen molar-refractivity contribution < 1.29 is 14.4 Å². The number of fused-ring (bicyclic) bond motifs is 1. The third-order valence-electron chi connectivity index (χ3n) is 5.07.